The zero-order chi connectivity index (χ0) is 48.0. The normalized spacial score (nSPS) is 19.9. The second-order valence-corrected chi connectivity index (χ2v) is 20.1. The number of esters is 2. The molecule has 1 rings (SSSR count). The van der Waals surface area contributed by atoms with Gasteiger partial charge in [0.05, 0.1) is 31.5 Å². The summed E-state index contributed by atoms with van der Waals surface area (Å²) in [6.07, 6.45) is 34.8. The van der Waals surface area contributed by atoms with Crippen molar-refractivity contribution in [2.45, 2.75) is 256 Å². The minimum atomic E-state index is -4.77. The Labute approximate surface area is 393 Å². The maximum atomic E-state index is 12.7. The van der Waals surface area contributed by atoms with Crippen molar-refractivity contribution >= 4 is 25.7 Å². The van der Waals surface area contributed by atoms with Gasteiger partial charge in [-0.3, -0.25) is 23.4 Å². The van der Waals surface area contributed by atoms with Crippen LogP contribution in [0.3, 0.4) is 0 Å². The molecule has 1 aliphatic carbocycles. The number of carbonyl (C=O) groups is 3. The first-order valence-corrected chi connectivity index (χ1v) is 27.5. The highest BCUT2D eigenvalue weighted by Gasteiger charge is 2.39. The summed E-state index contributed by atoms with van der Waals surface area (Å²) in [4.78, 5) is 46.4. The van der Waals surface area contributed by atoms with Gasteiger partial charge in [0.15, 0.2) is 6.10 Å². The molecule has 0 saturated heterocycles. The topological polar surface area (TPSA) is 232 Å². The summed E-state index contributed by atoms with van der Waals surface area (Å²) < 4.78 is 32.9. The fraction of sp³-hybridized carbons (Fsp3) is 0.900. The number of carboxylic acid groups (broad SMARTS) is 1. The van der Waals surface area contributed by atoms with Crippen LogP contribution in [0, 0.1) is 11.8 Å². The van der Waals surface area contributed by atoms with Crippen molar-refractivity contribution in [3.8, 4) is 0 Å². The lowest BCUT2D eigenvalue weighted by Crippen LogP contribution is -2.34. The van der Waals surface area contributed by atoms with E-state index < -0.39 is 76.0 Å². The van der Waals surface area contributed by atoms with Gasteiger partial charge in [0, 0.05) is 25.2 Å². The smallest absolute Gasteiger partial charge is 0.472 e. The van der Waals surface area contributed by atoms with Crippen LogP contribution in [-0.2, 0) is 37.5 Å². The van der Waals surface area contributed by atoms with Crippen LogP contribution in [0.2, 0.25) is 0 Å². The van der Waals surface area contributed by atoms with Gasteiger partial charge in [-0.1, -0.05) is 193 Å². The molecule has 0 aromatic heterocycles. The molecule has 1 aliphatic rings. The van der Waals surface area contributed by atoms with Crippen LogP contribution >= 0.6 is 7.82 Å². The van der Waals surface area contributed by atoms with E-state index in [9.17, 15) is 39.2 Å². The summed E-state index contributed by atoms with van der Waals surface area (Å²) in [5.74, 6) is -2.85. The molecule has 0 aromatic carbocycles. The molecule has 382 valence electrons. The van der Waals surface area contributed by atoms with Gasteiger partial charge in [-0.05, 0) is 31.6 Å². The molecule has 0 heterocycles. The second-order valence-electron chi connectivity index (χ2n) is 18.6. The van der Waals surface area contributed by atoms with Gasteiger partial charge < -0.3 is 40.5 Å². The molecule has 0 aromatic rings. The molecule has 1 unspecified atom stereocenters. The highest BCUT2D eigenvalue weighted by Crippen LogP contribution is 2.43. The van der Waals surface area contributed by atoms with E-state index in [0.29, 0.717) is 32.1 Å². The molecule has 8 atom stereocenters. The van der Waals surface area contributed by atoms with Crippen LogP contribution < -0.4 is 5.73 Å². The number of aliphatic hydroxyl groups is 3. The van der Waals surface area contributed by atoms with Crippen molar-refractivity contribution in [1.82, 2.24) is 0 Å². The molecule has 0 amide bonds. The predicted octanol–water partition coefficient (Wildman–Crippen LogP) is 10.8. The molecular weight excluding hydrogens is 854 g/mol. The van der Waals surface area contributed by atoms with E-state index in [-0.39, 0.29) is 24.7 Å². The summed E-state index contributed by atoms with van der Waals surface area (Å²) >= 11 is 0. The van der Waals surface area contributed by atoms with E-state index >= 15 is 0 Å². The number of hydrogen-bond acceptors (Lipinski definition) is 12. The first kappa shape index (κ1) is 61.1. The fourth-order valence-corrected chi connectivity index (χ4v) is 9.30. The number of carbonyl (C=O) groups excluding carboxylic acids is 2. The number of nitrogens with two attached hydrogens (primary N) is 1. The third-order valence-electron chi connectivity index (χ3n) is 12.6. The molecule has 0 spiro atoms. The van der Waals surface area contributed by atoms with E-state index in [1.807, 2.05) is 6.08 Å². The average molecular weight is 948 g/mol. The van der Waals surface area contributed by atoms with Gasteiger partial charge in [0.1, 0.15) is 12.6 Å². The maximum Gasteiger partial charge on any atom is 0.472 e. The number of phosphoric ester groups is 1. The predicted molar refractivity (Wildman–Crippen MR) is 256 cm³/mol. The van der Waals surface area contributed by atoms with Crippen LogP contribution in [0.15, 0.2) is 12.2 Å². The van der Waals surface area contributed by atoms with Crippen LogP contribution in [0.4, 0.5) is 0 Å². The van der Waals surface area contributed by atoms with Gasteiger partial charge in [0.25, 0.3) is 0 Å². The van der Waals surface area contributed by atoms with E-state index in [1.54, 1.807) is 6.08 Å². The Morgan fingerprint density at radius 1 is 0.631 bits per heavy atom. The van der Waals surface area contributed by atoms with Gasteiger partial charge in [-0.2, -0.15) is 0 Å². The van der Waals surface area contributed by atoms with Gasteiger partial charge in [0.2, 0.25) is 0 Å². The monoisotopic (exact) mass is 948 g/mol. The number of phosphoric acid groups is 1. The molecule has 0 radical (unpaired) electrons. The Morgan fingerprint density at radius 2 is 1.08 bits per heavy atom. The summed E-state index contributed by atoms with van der Waals surface area (Å²) in [5, 5.41) is 40.4. The number of unbranched alkanes of at least 4 members (excludes halogenated alkanes) is 25. The Balaban J connectivity index is 2.35. The van der Waals surface area contributed by atoms with Crippen LogP contribution in [-0.4, -0.2) is 93.5 Å². The first-order chi connectivity index (χ1) is 31.3. The van der Waals surface area contributed by atoms with Crippen LogP contribution in [0.1, 0.15) is 226 Å². The molecule has 1 fully saturated rings. The van der Waals surface area contributed by atoms with E-state index in [1.165, 1.54) is 109 Å². The number of hydrogen-bond donors (Lipinski definition) is 6. The third-order valence-corrected chi connectivity index (χ3v) is 13.6. The zero-order valence-corrected chi connectivity index (χ0v) is 41.6. The molecule has 0 aliphatic heterocycles. The lowest BCUT2D eigenvalue weighted by molar-refractivity contribution is -0.161. The average Bonchev–Trinajstić information content (AvgIpc) is 3.54. The molecule has 0 bridgehead atoms. The molecular formula is C50H94NO13P. The maximum absolute atomic E-state index is 12.7. The summed E-state index contributed by atoms with van der Waals surface area (Å²) in [5.41, 5.74) is 5.35. The Kier molecular flexibility index (Phi) is 37.6. The summed E-state index contributed by atoms with van der Waals surface area (Å²) in [7, 11) is -4.77. The fourth-order valence-electron chi connectivity index (χ4n) is 8.52. The van der Waals surface area contributed by atoms with Crippen molar-refractivity contribution in [3.63, 3.8) is 0 Å². The summed E-state index contributed by atoms with van der Waals surface area (Å²) in [6.45, 7) is 2.54. The van der Waals surface area contributed by atoms with Crippen molar-refractivity contribution in [1.29, 1.82) is 0 Å². The third kappa shape index (κ3) is 34.1. The highest BCUT2D eigenvalue weighted by atomic mass is 31.2. The standard InChI is InChI=1S/C50H94NO13P/c1-3-5-7-8-9-10-11-12-13-14-15-16-17-18-19-20-21-22-23-24-30-34-49(56)64-42(39-62-65(59,60)63-40-45(51)50(57)58)38-61-48(55)33-29-26-25-28-32-43-44(47(54)37-46(43)53)36-35-41(52)31-27-6-4-2/h35-36,41-47,52-54H,3-34,37-40,51H2,1-2H3,(H,57,58)(H,59,60)/b36-35+/t41-,42+,43+,44+,45-,46-,47+/m0/s1. The molecule has 15 heteroatoms. The Bertz CT molecular complexity index is 1270. The van der Waals surface area contributed by atoms with E-state index in [4.69, 9.17) is 24.8 Å². The second kappa shape index (κ2) is 40.0. The molecule has 7 N–H and O–H groups in total. The largest absolute Gasteiger partial charge is 0.480 e. The quantitative estimate of drug-likeness (QED) is 0.0144. The minimum Gasteiger partial charge on any atom is -0.480 e. The number of aliphatic carboxylic acids is 1. The Hall–Kier alpha value is -1.90. The Morgan fingerprint density at radius 3 is 1.58 bits per heavy atom. The lowest BCUT2D eigenvalue weighted by atomic mass is 9.88. The highest BCUT2D eigenvalue weighted by molar-refractivity contribution is 7.47. The lowest BCUT2D eigenvalue weighted by Gasteiger charge is -2.21. The number of aliphatic hydroxyl groups excluding tert-OH is 3. The van der Waals surface area contributed by atoms with Gasteiger partial charge >= 0.3 is 25.7 Å². The minimum absolute atomic E-state index is 0.0989. The first-order valence-electron chi connectivity index (χ1n) is 26.0. The van der Waals surface area contributed by atoms with Crippen molar-refractivity contribution < 1.29 is 62.8 Å². The molecule has 1 saturated carbocycles. The number of rotatable bonds is 45. The van der Waals surface area contributed by atoms with Gasteiger partial charge in [-0.15, -0.1) is 0 Å². The number of carboxylic acids is 1. The SMILES string of the molecule is CCCCCCCCCCCCCCCCCCCCCCCC(=O)O[C@H](COC(=O)CCCCCC[C@@H]1[C@@H](/C=C/[C@@H](O)CCCCC)[C@H](O)C[C@@H]1O)COP(=O)(O)OC[C@H](N)C(=O)O. The molecule has 14 nitrogen and oxygen atoms in total. The van der Waals surface area contributed by atoms with Crippen molar-refractivity contribution in [2.75, 3.05) is 19.8 Å². The van der Waals surface area contributed by atoms with Gasteiger partial charge in [-0.25, -0.2) is 4.57 Å². The van der Waals surface area contributed by atoms with Crippen molar-refractivity contribution in [3.05, 3.63) is 12.2 Å². The molecule has 65 heavy (non-hydrogen) atoms. The zero-order valence-electron chi connectivity index (χ0n) is 40.7. The van der Waals surface area contributed by atoms with E-state index in [0.717, 1.165) is 57.8 Å². The number of ether oxygens (including phenoxy) is 2. The van der Waals surface area contributed by atoms with Crippen LogP contribution in [0.25, 0.3) is 0 Å². The van der Waals surface area contributed by atoms with Crippen molar-refractivity contribution in [2.24, 2.45) is 17.6 Å². The van der Waals surface area contributed by atoms with Crippen LogP contribution in [0.5, 0.6) is 0 Å². The van der Waals surface area contributed by atoms with E-state index in [2.05, 4.69) is 18.4 Å². The summed E-state index contributed by atoms with van der Waals surface area (Å²) in [6, 6.07) is -1.55.